The van der Waals surface area contributed by atoms with E-state index in [1.807, 2.05) is 0 Å². The summed E-state index contributed by atoms with van der Waals surface area (Å²) in [5, 5.41) is 3.52. The second kappa shape index (κ2) is 6.46. The Balaban J connectivity index is 1.58. The lowest BCUT2D eigenvalue weighted by Crippen LogP contribution is -2.20. The van der Waals surface area contributed by atoms with Crippen molar-refractivity contribution < 1.29 is 4.42 Å². The summed E-state index contributed by atoms with van der Waals surface area (Å²) in [7, 11) is 2.16. The maximum atomic E-state index is 5.63. The first-order valence-electron chi connectivity index (χ1n) is 7.74. The van der Waals surface area contributed by atoms with Crippen LogP contribution in [0.1, 0.15) is 35.3 Å². The van der Waals surface area contributed by atoms with Crippen molar-refractivity contribution in [2.75, 3.05) is 7.05 Å². The third-order valence-electron chi connectivity index (χ3n) is 4.11. The van der Waals surface area contributed by atoms with Gasteiger partial charge in [-0.1, -0.05) is 24.3 Å². The van der Waals surface area contributed by atoms with Gasteiger partial charge in [-0.05, 0) is 44.0 Å². The van der Waals surface area contributed by atoms with E-state index in [1.165, 1.54) is 29.5 Å². The Morgan fingerprint density at radius 2 is 1.90 bits per heavy atom. The first kappa shape index (κ1) is 14.4. The fourth-order valence-corrected chi connectivity index (χ4v) is 2.61. The SMILES string of the molecule is Cc1ccccc1CN(C)Cc1ccoc1CNC1CC1. The molecule has 21 heavy (non-hydrogen) atoms. The van der Waals surface area contributed by atoms with E-state index < -0.39 is 0 Å². The third kappa shape index (κ3) is 3.96. The topological polar surface area (TPSA) is 28.4 Å². The van der Waals surface area contributed by atoms with E-state index in [4.69, 9.17) is 4.42 Å². The highest BCUT2D eigenvalue weighted by Crippen LogP contribution is 2.21. The van der Waals surface area contributed by atoms with Crippen LogP contribution in [0.3, 0.4) is 0 Å². The van der Waals surface area contributed by atoms with Crippen LogP contribution in [0.4, 0.5) is 0 Å². The van der Waals surface area contributed by atoms with Crippen LogP contribution in [-0.4, -0.2) is 18.0 Å². The Hall–Kier alpha value is -1.58. The van der Waals surface area contributed by atoms with Gasteiger partial charge in [-0.3, -0.25) is 4.90 Å². The Kier molecular flexibility index (Phi) is 4.42. The summed E-state index contributed by atoms with van der Waals surface area (Å²) in [5.41, 5.74) is 4.03. The van der Waals surface area contributed by atoms with E-state index in [1.54, 1.807) is 6.26 Å². The van der Waals surface area contributed by atoms with Crippen molar-refractivity contribution in [1.82, 2.24) is 10.2 Å². The van der Waals surface area contributed by atoms with Crippen LogP contribution >= 0.6 is 0 Å². The van der Waals surface area contributed by atoms with E-state index in [-0.39, 0.29) is 0 Å². The second-order valence-electron chi connectivity index (χ2n) is 6.12. The minimum Gasteiger partial charge on any atom is -0.468 e. The largest absolute Gasteiger partial charge is 0.468 e. The highest BCUT2D eigenvalue weighted by molar-refractivity contribution is 5.25. The molecule has 3 nitrogen and oxygen atoms in total. The van der Waals surface area contributed by atoms with Crippen LogP contribution in [-0.2, 0) is 19.6 Å². The number of hydrogen-bond donors (Lipinski definition) is 1. The molecule has 1 aromatic carbocycles. The Bertz CT molecular complexity index is 586. The van der Waals surface area contributed by atoms with E-state index in [2.05, 4.69) is 54.5 Å². The Morgan fingerprint density at radius 3 is 2.67 bits per heavy atom. The predicted octanol–water partition coefficient (Wildman–Crippen LogP) is 3.47. The molecular formula is C18H24N2O. The van der Waals surface area contributed by atoms with Crippen LogP contribution in [0.25, 0.3) is 0 Å². The van der Waals surface area contributed by atoms with Gasteiger partial charge in [0.15, 0.2) is 0 Å². The molecule has 112 valence electrons. The standard InChI is InChI=1S/C18H24N2O/c1-14-5-3-4-6-15(14)12-20(2)13-16-9-10-21-18(16)11-19-17-7-8-17/h3-6,9-10,17,19H,7-8,11-13H2,1-2H3. The quantitative estimate of drug-likeness (QED) is 0.844. The second-order valence-corrected chi connectivity index (χ2v) is 6.12. The third-order valence-corrected chi connectivity index (χ3v) is 4.11. The Labute approximate surface area is 127 Å². The van der Waals surface area contributed by atoms with Crippen molar-refractivity contribution in [3.05, 3.63) is 59.0 Å². The molecule has 0 bridgehead atoms. The molecule has 0 radical (unpaired) electrons. The lowest BCUT2D eigenvalue weighted by molar-refractivity contribution is 0.314. The van der Waals surface area contributed by atoms with Gasteiger partial charge >= 0.3 is 0 Å². The summed E-state index contributed by atoms with van der Waals surface area (Å²) in [6.45, 7) is 4.91. The number of nitrogens with one attached hydrogen (secondary N) is 1. The van der Waals surface area contributed by atoms with Gasteiger partial charge in [-0.15, -0.1) is 0 Å². The number of furan rings is 1. The number of nitrogens with zero attached hydrogens (tertiary/aromatic N) is 1. The molecule has 1 aromatic heterocycles. The number of benzene rings is 1. The molecule has 0 amide bonds. The first-order chi connectivity index (χ1) is 10.2. The highest BCUT2D eigenvalue weighted by Gasteiger charge is 2.21. The van der Waals surface area contributed by atoms with Crippen molar-refractivity contribution in [1.29, 1.82) is 0 Å². The molecule has 3 heteroatoms. The summed E-state index contributed by atoms with van der Waals surface area (Å²) in [4.78, 5) is 2.34. The molecule has 0 atom stereocenters. The smallest absolute Gasteiger partial charge is 0.122 e. The zero-order valence-electron chi connectivity index (χ0n) is 12.9. The molecule has 1 aliphatic rings. The number of aryl methyl sites for hydroxylation is 1. The van der Waals surface area contributed by atoms with E-state index in [9.17, 15) is 0 Å². The van der Waals surface area contributed by atoms with Crippen LogP contribution in [0.5, 0.6) is 0 Å². The molecule has 2 aromatic rings. The minimum absolute atomic E-state index is 0.715. The summed E-state index contributed by atoms with van der Waals surface area (Å²) >= 11 is 0. The zero-order chi connectivity index (χ0) is 14.7. The van der Waals surface area contributed by atoms with Gasteiger partial charge in [0, 0.05) is 24.7 Å². The molecular weight excluding hydrogens is 260 g/mol. The van der Waals surface area contributed by atoms with Gasteiger partial charge in [0.1, 0.15) is 5.76 Å². The predicted molar refractivity (Wildman–Crippen MR) is 84.9 cm³/mol. The van der Waals surface area contributed by atoms with Crippen molar-refractivity contribution in [2.24, 2.45) is 0 Å². The molecule has 0 saturated heterocycles. The van der Waals surface area contributed by atoms with Crippen LogP contribution in [0, 0.1) is 6.92 Å². The molecule has 1 heterocycles. The van der Waals surface area contributed by atoms with Crippen molar-refractivity contribution in [2.45, 2.75) is 45.4 Å². The van der Waals surface area contributed by atoms with Crippen LogP contribution in [0.2, 0.25) is 0 Å². The summed E-state index contributed by atoms with van der Waals surface area (Å²) in [5.74, 6) is 1.08. The fourth-order valence-electron chi connectivity index (χ4n) is 2.61. The number of rotatable bonds is 7. The lowest BCUT2D eigenvalue weighted by Gasteiger charge is -2.18. The molecule has 0 unspecified atom stereocenters. The lowest BCUT2D eigenvalue weighted by atomic mass is 10.1. The maximum absolute atomic E-state index is 5.63. The Morgan fingerprint density at radius 1 is 1.14 bits per heavy atom. The van der Waals surface area contributed by atoms with Gasteiger partial charge in [0.2, 0.25) is 0 Å². The maximum Gasteiger partial charge on any atom is 0.122 e. The van der Waals surface area contributed by atoms with E-state index in [0.717, 1.165) is 25.4 Å². The molecule has 1 fully saturated rings. The van der Waals surface area contributed by atoms with Gasteiger partial charge < -0.3 is 9.73 Å². The molecule has 1 N–H and O–H groups in total. The van der Waals surface area contributed by atoms with Crippen molar-refractivity contribution in [3.8, 4) is 0 Å². The first-order valence-corrected chi connectivity index (χ1v) is 7.74. The van der Waals surface area contributed by atoms with Crippen molar-refractivity contribution in [3.63, 3.8) is 0 Å². The monoisotopic (exact) mass is 284 g/mol. The van der Waals surface area contributed by atoms with E-state index >= 15 is 0 Å². The number of hydrogen-bond acceptors (Lipinski definition) is 3. The molecule has 1 aliphatic carbocycles. The average molecular weight is 284 g/mol. The van der Waals surface area contributed by atoms with Gasteiger partial charge in [0.25, 0.3) is 0 Å². The van der Waals surface area contributed by atoms with Crippen LogP contribution < -0.4 is 5.32 Å². The fraction of sp³-hybridized carbons (Fsp3) is 0.444. The van der Waals surface area contributed by atoms with Gasteiger partial charge in [-0.25, -0.2) is 0 Å². The zero-order valence-corrected chi connectivity index (χ0v) is 12.9. The van der Waals surface area contributed by atoms with Gasteiger partial charge in [0.05, 0.1) is 12.8 Å². The molecule has 1 saturated carbocycles. The van der Waals surface area contributed by atoms with Crippen LogP contribution in [0.15, 0.2) is 41.0 Å². The molecule has 3 rings (SSSR count). The molecule has 0 aliphatic heterocycles. The minimum atomic E-state index is 0.715. The van der Waals surface area contributed by atoms with Crippen molar-refractivity contribution >= 4 is 0 Å². The highest BCUT2D eigenvalue weighted by atomic mass is 16.3. The normalized spacial score (nSPS) is 14.8. The summed E-state index contributed by atoms with van der Waals surface area (Å²) in [6.07, 6.45) is 4.42. The summed E-state index contributed by atoms with van der Waals surface area (Å²) < 4.78 is 5.63. The van der Waals surface area contributed by atoms with E-state index in [0.29, 0.717) is 6.04 Å². The molecule has 0 spiro atoms. The summed E-state index contributed by atoms with van der Waals surface area (Å²) in [6, 6.07) is 11.4. The average Bonchev–Trinajstić information content (AvgIpc) is 3.20. The van der Waals surface area contributed by atoms with Gasteiger partial charge in [-0.2, -0.15) is 0 Å².